The lowest BCUT2D eigenvalue weighted by Gasteiger charge is -2.17. The van der Waals surface area contributed by atoms with E-state index in [1.54, 1.807) is 0 Å². The summed E-state index contributed by atoms with van der Waals surface area (Å²) in [4.78, 5) is 0. The van der Waals surface area contributed by atoms with Gasteiger partial charge in [-0.15, -0.1) is 11.6 Å². The molecule has 0 saturated carbocycles. The molecule has 0 fully saturated rings. The van der Waals surface area contributed by atoms with Crippen LogP contribution >= 0.6 is 34.8 Å². The van der Waals surface area contributed by atoms with Crippen LogP contribution in [0.15, 0.2) is 42.5 Å². The molecule has 0 bridgehead atoms. The van der Waals surface area contributed by atoms with E-state index in [4.69, 9.17) is 34.8 Å². The van der Waals surface area contributed by atoms with E-state index in [9.17, 15) is 0 Å². The van der Waals surface area contributed by atoms with Crippen molar-refractivity contribution in [1.29, 1.82) is 0 Å². The molecule has 0 aromatic heterocycles. The van der Waals surface area contributed by atoms with Crippen LogP contribution in [0.4, 0.5) is 0 Å². The first-order chi connectivity index (χ1) is 9.11. The van der Waals surface area contributed by atoms with Gasteiger partial charge in [-0.2, -0.15) is 0 Å². The van der Waals surface area contributed by atoms with Gasteiger partial charge in [-0.1, -0.05) is 59.1 Å². The molecule has 0 aliphatic rings. The summed E-state index contributed by atoms with van der Waals surface area (Å²) < 4.78 is 0. The summed E-state index contributed by atoms with van der Waals surface area (Å²) in [7, 11) is 0. The number of hydrogen-bond donors (Lipinski definition) is 0. The smallest absolute Gasteiger partial charge is 0.0453 e. The average molecular weight is 314 g/mol. The number of halogens is 3. The molecular formula is C16H15Cl3. The maximum Gasteiger partial charge on any atom is 0.0453 e. The Bertz CT molecular complexity index is 543. The van der Waals surface area contributed by atoms with Gasteiger partial charge < -0.3 is 0 Å². The van der Waals surface area contributed by atoms with Crippen molar-refractivity contribution in [1.82, 2.24) is 0 Å². The van der Waals surface area contributed by atoms with Crippen LogP contribution in [-0.4, -0.2) is 5.88 Å². The molecule has 3 heteroatoms. The molecule has 0 radical (unpaired) electrons. The van der Waals surface area contributed by atoms with E-state index in [-0.39, 0.29) is 5.92 Å². The first-order valence-electron chi connectivity index (χ1n) is 6.17. The van der Waals surface area contributed by atoms with Crippen LogP contribution in [0.1, 0.15) is 22.6 Å². The Kier molecular flexibility index (Phi) is 5.15. The molecule has 2 rings (SSSR count). The van der Waals surface area contributed by atoms with Crippen molar-refractivity contribution in [3.05, 3.63) is 69.2 Å². The van der Waals surface area contributed by atoms with Crippen molar-refractivity contribution >= 4 is 34.8 Å². The minimum Gasteiger partial charge on any atom is -0.126 e. The molecular weight excluding hydrogens is 299 g/mol. The van der Waals surface area contributed by atoms with Gasteiger partial charge in [-0.05, 0) is 36.6 Å². The zero-order valence-electron chi connectivity index (χ0n) is 10.7. The molecule has 0 N–H and O–H groups in total. The fraction of sp³-hybridized carbons (Fsp3) is 0.250. The lowest BCUT2D eigenvalue weighted by molar-refractivity contribution is 0.765. The molecule has 0 aliphatic heterocycles. The number of aryl methyl sites for hydroxylation is 1. The average Bonchev–Trinajstić information content (AvgIpc) is 2.38. The van der Waals surface area contributed by atoms with E-state index in [1.807, 2.05) is 18.2 Å². The Morgan fingerprint density at radius 3 is 2.21 bits per heavy atom. The van der Waals surface area contributed by atoms with Crippen LogP contribution in [0.3, 0.4) is 0 Å². The summed E-state index contributed by atoms with van der Waals surface area (Å²) in [6.07, 6.45) is 0.755. The Labute approximate surface area is 129 Å². The number of hydrogen-bond acceptors (Lipinski definition) is 0. The molecule has 0 heterocycles. The quantitative estimate of drug-likeness (QED) is 0.619. The maximum atomic E-state index is 6.22. The summed E-state index contributed by atoms with van der Waals surface area (Å²) in [5.74, 6) is 0.768. The minimum absolute atomic E-state index is 0.221. The lowest BCUT2D eigenvalue weighted by Crippen LogP contribution is -2.06. The second-order valence-electron chi connectivity index (χ2n) is 4.67. The van der Waals surface area contributed by atoms with Crippen LogP contribution in [0.25, 0.3) is 0 Å². The molecule has 1 atom stereocenters. The first-order valence-corrected chi connectivity index (χ1v) is 7.46. The Balaban J connectivity index is 2.29. The van der Waals surface area contributed by atoms with E-state index < -0.39 is 0 Å². The zero-order valence-corrected chi connectivity index (χ0v) is 12.9. The second-order valence-corrected chi connectivity index (χ2v) is 5.79. The topological polar surface area (TPSA) is 0 Å². The van der Waals surface area contributed by atoms with Gasteiger partial charge in [0, 0.05) is 21.8 Å². The van der Waals surface area contributed by atoms with E-state index in [0.717, 1.165) is 12.0 Å². The van der Waals surface area contributed by atoms with Gasteiger partial charge in [0.2, 0.25) is 0 Å². The van der Waals surface area contributed by atoms with E-state index in [2.05, 4.69) is 31.2 Å². The predicted octanol–water partition coefficient (Wildman–Crippen LogP) is 5.87. The molecule has 0 nitrogen and oxygen atoms in total. The van der Waals surface area contributed by atoms with Crippen molar-refractivity contribution in [2.45, 2.75) is 19.3 Å². The van der Waals surface area contributed by atoms with E-state index in [1.165, 1.54) is 11.1 Å². The molecule has 0 spiro atoms. The number of benzene rings is 2. The monoisotopic (exact) mass is 312 g/mol. The Morgan fingerprint density at radius 1 is 1.00 bits per heavy atom. The van der Waals surface area contributed by atoms with Gasteiger partial charge in [0.05, 0.1) is 0 Å². The highest BCUT2D eigenvalue weighted by Gasteiger charge is 2.15. The zero-order chi connectivity index (χ0) is 13.8. The summed E-state index contributed by atoms with van der Waals surface area (Å²) in [6.45, 7) is 2.08. The van der Waals surface area contributed by atoms with E-state index >= 15 is 0 Å². The predicted molar refractivity (Wildman–Crippen MR) is 84.8 cm³/mol. The normalized spacial score (nSPS) is 12.4. The van der Waals surface area contributed by atoms with Gasteiger partial charge >= 0.3 is 0 Å². The van der Waals surface area contributed by atoms with Crippen molar-refractivity contribution in [3.8, 4) is 0 Å². The lowest BCUT2D eigenvalue weighted by atomic mass is 9.92. The van der Waals surface area contributed by atoms with Gasteiger partial charge in [0.15, 0.2) is 0 Å². The highest BCUT2D eigenvalue weighted by atomic mass is 35.5. The van der Waals surface area contributed by atoms with Crippen LogP contribution in [0.5, 0.6) is 0 Å². The fourth-order valence-corrected chi connectivity index (χ4v) is 3.00. The molecule has 1 unspecified atom stereocenters. The van der Waals surface area contributed by atoms with Crippen LogP contribution in [0, 0.1) is 6.92 Å². The van der Waals surface area contributed by atoms with Crippen molar-refractivity contribution in [2.75, 3.05) is 5.88 Å². The van der Waals surface area contributed by atoms with Crippen molar-refractivity contribution < 1.29 is 0 Å². The molecule has 0 amide bonds. The standard InChI is InChI=1S/C16H15Cl3/c1-11-4-2-5-12(8-11)13(10-17)9-14-15(18)6-3-7-16(14)19/h2-8,13H,9-10H2,1H3. The largest absolute Gasteiger partial charge is 0.126 e. The minimum atomic E-state index is 0.221. The SMILES string of the molecule is Cc1cccc(C(CCl)Cc2c(Cl)cccc2Cl)c1. The highest BCUT2D eigenvalue weighted by Crippen LogP contribution is 2.31. The Hall–Kier alpha value is -0.690. The maximum absolute atomic E-state index is 6.22. The third-order valence-electron chi connectivity index (χ3n) is 3.21. The van der Waals surface area contributed by atoms with Crippen LogP contribution < -0.4 is 0 Å². The van der Waals surface area contributed by atoms with Gasteiger partial charge in [0.1, 0.15) is 0 Å². The van der Waals surface area contributed by atoms with Gasteiger partial charge in [-0.3, -0.25) is 0 Å². The summed E-state index contributed by atoms with van der Waals surface area (Å²) in [6, 6.07) is 14.0. The first kappa shape index (κ1) is 14.7. The van der Waals surface area contributed by atoms with Gasteiger partial charge in [0.25, 0.3) is 0 Å². The third-order valence-corrected chi connectivity index (χ3v) is 4.29. The summed E-state index contributed by atoms with van der Waals surface area (Å²) in [5, 5.41) is 1.41. The third kappa shape index (κ3) is 3.66. The van der Waals surface area contributed by atoms with E-state index in [0.29, 0.717) is 15.9 Å². The molecule has 0 saturated heterocycles. The summed E-state index contributed by atoms with van der Waals surface area (Å²) >= 11 is 18.6. The number of rotatable bonds is 4. The Morgan fingerprint density at radius 2 is 1.63 bits per heavy atom. The molecule has 2 aromatic carbocycles. The molecule has 2 aromatic rings. The molecule has 19 heavy (non-hydrogen) atoms. The molecule has 100 valence electrons. The van der Waals surface area contributed by atoms with Crippen molar-refractivity contribution in [3.63, 3.8) is 0 Å². The van der Waals surface area contributed by atoms with Crippen LogP contribution in [0.2, 0.25) is 10.0 Å². The fourth-order valence-electron chi connectivity index (χ4n) is 2.16. The summed E-state index contributed by atoms with van der Waals surface area (Å²) in [5.41, 5.74) is 3.43. The second kappa shape index (κ2) is 6.65. The van der Waals surface area contributed by atoms with Crippen molar-refractivity contribution in [2.24, 2.45) is 0 Å². The number of alkyl halides is 1. The van der Waals surface area contributed by atoms with Crippen LogP contribution in [-0.2, 0) is 6.42 Å². The molecule has 0 aliphatic carbocycles. The highest BCUT2D eigenvalue weighted by molar-refractivity contribution is 6.36. The van der Waals surface area contributed by atoms with Gasteiger partial charge in [-0.25, -0.2) is 0 Å².